The van der Waals surface area contributed by atoms with Crippen LogP contribution in [-0.2, 0) is 4.74 Å². The first kappa shape index (κ1) is 14.9. The summed E-state index contributed by atoms with van der Waals surface area (Å²) in [6.07, 6.45) is 10.6. The summed E-state index contributed by atoms with van der Waals surface area (Å²) in [5, 5.41) is 3.69. The average molecular weight is 290 g/mol. The minimum Gasteiger partial charge on any atom is -0.379 e. The summed E-state index contributed by atoms with van der Waals surface area (Å²) in [5.41, 5.74) is 1.25. The molecule has 1 aliphatic carbocycles. The van der Waals surface area contributed by atoms with Crippen molar-refractivity contribution in [2.24, 2.45) is 0 Å². The zero-order valence-corrected chi connectivity index (χ0v) is 12.9. The Morgan fingerprint density at radius 3 is 2.67 bits per heavy atom. The Labute approximate surface area is 127 Å². The lowest BCUT2D eigenvalue weighted by molar-refractivity contribution is -0.0368. The highest BCUT2D eigenvalue weighted by Crippen LogP contribution is 2.44. The summed E-state index contributed by atoms with van der Waals surface area (Å²) in [5.74, 6) is 0. The van der Waals surface area contributed by atoms with E-state index in [2.05, 4.69) is 27.1 Å². The molecule has 1 aromatic rings. The molecule has 1 aliphatic heterocycles. The van der Waals surface area contributed by atoms with E-state index in [4.69, 9.17) is 4.74 Å². The van der Waals surface area contributed by atoms with Gasteiger partial charge < -0.3 is 10.1 Å². The fourth-order valence-electron chi connectivity index (χ4n) is 4.02. The Morgan fingerprint density at radius 1 is 1.29 bits per heavy atom. The lowest BCUT2D eigenvalue weighted by Gasteiger charge is -2.48. The van der Waals surface area contributed by atoms with Crippen LogP contribution in [0.15, 0.2) is 18.6 Å². The van der Waals surface area contributed by atoms with Crippen LogP contribution in [0.5, 0.6) is 0 Å². The van der Waals surface area contributed by atoms with Crippen molar-refractivity contribution in [2.45, 2.75) is 44.2 Å². The van der Waals surface area contributed by atoms with Crippen LogP contribution in [0.4, 0.5) is 0 Å². The fraction of sp³-hybridized carbons (Fsp3) is 0.750. The van der Waals surface area contributed by atoms with Gasteiger partial charge in [-0.05, 0) is 19.4 Å². The van der Waals surface area contributed by atoms with Crippen molar-refractivity contribution in [1.29, 1.82) is 0 Å². The number of aromatic nitrogens is 2. The van der Waals surface area contributed by atoms with Gasteiger partial charge in [0.15, 0.2) is 0 Å². The molecule has 116 valence electrons. The van der Waals surface area contributed by atoms with Crippen molar-refractivity contribution in [3.8, 4) is 0 Å². The number of ether oxygens (including phenoxy) is 1. The molecule has 1 saturated heterocycles. The van der Waals surface area contributed by atoms with E-state index in [-0.39, 0.29) is 11.6 Å². The minimum absolute atomic E-state index is 0.176. The molecule has 2 fully saturated rings. The van der Waals surface area contributed by atoms with Gasteiger partial charge in [-0.3, -0.25) is 14.9 Å². The maximum absolute atomic E-state index is 5.56. The van der Waals surface area contributed by atoms with E-state index >= 15 is 0 Å². The summed E-state index contributed by atoms with van der Waals surface area (Å²) in [7, 11) is 0. The third-order valence-electron chi connectivity index (χ3n) is 4.93. The largest absolute Gasteiger partial charge is 0.379 e. The van der Waals surface area contributed by atoms with Gasteiger partial charge in [0.2, 0.25) is 0 Å². The normalized spacial score (nSPS) is 24.0. The number of likely N-dealkylation sites (N-methyl/N-ethyl adjacent to an activating group) is 1. The Balaban J connectivity index is 1.92. The van der Waals surface area contributed by atoms with E-state index in [0.717, 1.165) is 38.5 Å². The SMILES string of the molecule is CCNC(c1cnccn1)C1(N2CCOCC2)CCCC1. The maximum Gasteiger partial charge on any atom is 0.0775 e. The number of morpholine rings is 1. The van der Waals surface area contributed by atoms with Gasteiger partial charge in [-0.25, -0.2) is 0 Å². The second-order valence-electron chi connectivity index (χ2n) is 6.03. The summed E-state index contributed by atoms with van der Waals surface area (Å²) in [4.78, 5) is 11.5. The summed E-state index contributed by atoms with van der Waals surface area (Å²) >= 11 is 0. The van der Waals surface area contributed by atoms with Crippen molar-refractivity contribution in [2.75, 3.05) is 32.8 Å². The molecule has 1 unspecified atom stereocenters. The Bertz CT molecular complexity index is 427. The molecule has 1 atom stereocenters. The molecule has 5 nitrogen and oxygen atoms in total. The second-order valence-corrected chi connectivity index (χ2v) is 6.03. The molecule has 1 saturated carbocycles. The molecule has 2 heterocycles. The predicted octanol–water partition coefficient (Wildman–Crippen LogP) is 1.77. The van der Waals surface area contributed by atoms with Crippen molar-refractivity contribution >= 4 is 0 Å². The fourth-order valence-corrected chi connectivity index (χ4v) is 4.02. The van der Waals surface area contributed by atoms with Gasteiger partial charge in [-0.2, -0.15) is 0 Å². The van der Waals surface area contributed by atoms with Crippen LogP contribution in [0.25, 0.3) is 0 Å². The number of hydrogen-bond acceptors (Lipinski definition) is 5. The van der Waals surface area contributed by atoms with E-state index < -0.39 is 0 Å². The van der Waals surface area contributed by atoms with Gasteiger partial charge in [0.1, 0.15) is 0 Å². The molecule has 3 rings (SSSR count). The topological polar surface area (TPSA) is 50.3 Å². The molecule has 0 radical (unpaired) electrons. The molecule has 21 heavy (non-hydrogen) atoms. The highest BCUT2D eigenvalue weighted by Gasteiger charge is 2.47. The monoisotopic (exact) mass is 290 g/mol. The number of nitrogens with one attached hydrogen (secondary N) is 1. The molecule has 0 bridgehead atoms. The molecule has 0 aromatic carbocycles. The van der Waals surface area contributed by atoms with E-state index in [9.17, 15) is 0 Å². The van der Waals surface area contributed by atoms with Crippen LogP contribution in [0.1, 0.15) is 44.3 Å². The van der Waals surface area contributed by atoms with Crippen LogP contribution < -0.4 is 5.32 Å². The molecule has 0 spiro atoms. The van der Waals surface area contributed by atoms with E-state index in [1.807, 2.05) is 12.4 Å². The van der Waals surface area contributed by atoms with Crippen LogP contribution in [0.2, 0.25) is 0 Å². The predicted molar refractivity (Wildman–Crippen MR) is 82.0 cm³/mol. The summed E-state index contributed by atoms with van der Waals surface area (Å²) in [6, 6.07) is 0.261. The Morgan fingerprint density at radius 2 is 2.05 bits per heavy atom. The first-order chi connectivity index (χ1) is 10.4. The zero-order valence-electron chi connectivity index (χ0n) is 12.9. The molecular weight excluding hydrogens is 264 g/mol. The van der Waals surface area contributed by atoms with Crippen molar-refractivity contribution in [3.05, 3.63) is 24.3 Å². The third-order valence-corrected chi connectivity index (χ3v) is 4.93. The van der Waals surface area contributed by atoms with Gasteiger partial charge in [0.05, 0.1) is 31.1 Å². The van der Waals surface area contributed by atoms with Gasteiger partial charge in [0, 0.05) is 31.0 Å². The first-order valence-electron chi connectivity index (χ1n) is 8.19. The first-order valence-corrected chi connectivity index (χ1v) is 8.19. The lowest BCUT2D eigenvalue weighted by Crippen LogP contribution is -2.58. The van der Waals surface area contributed by atoms with Crippen LogP contribution in [-0.4, -0.2) is 53.3 Å². The smallest absolute Gasteiger partial charge is 0.0775 e. The molecule has 1 N–H and O–H groups in total. The van der Waals surface area contributed by atoms with Crippen molar-refractivity contribution < 1.29 is 4.74 Å². The maximum atomic E-state index is 5.56. The number of nitrogens with zero attached hydrogens (tertiary/aromatic N) is 3. The van der Waals surface area contributed by atoms with Crippen molar-refractivity contribution in [3.63, 3.8) is 0 Å². The van der Waals surface area contributed by atoms with Gasteiger partial charge in [-0.1, -0.05) is 19.8 Å². The second kappa shape index (κ2) is 6.81. The van der Waals surface area contributed by atoms with Gasteiger partial charge in [0.25, 0.3) is 0 Å². The zero-order chi connectivity index (χ0) is 14.5. The molecule has 0 amide bonds. The van der Waals surface area contributed by atoms with Crippen LogP contribution in [0, 0.1) is 0 Å². The highest BCUT2D eigenvalue weighted by atomic mass is 16.5. The standard InChI is InChI=1S/C16H26N4O/c1-2-18-15(14-13-17-7-8-19-14)16(5-3-4-6-16)20-9-11-21-12-10-20/h7-8,13,15,18H,2-6,9-12H2,1H3. The van der Waals surface area contributed by atoms with E-state index in [1.165, 1.54) is 25.7 Å². The molecular formula is C16H26N4O. The summed E-state index contributed by atoms with van der Waals surface area (Å²) < 4.78 is 5.56. The van der Waals surface area contributed by atoms with Gasteiger partial charge in [-0.15, -0.1) is 0 Å². The Hall–Kier alpha value is -1.04. The van der Waals surface area contributed by atoms with Crippen molar-refractivity contribution in [1.82, 2.24) is 20.2 Å². The Kier molecular flexibility index (Phi) is 4.83. The lowest BCUT2D eigenvalue weighted by atomic mass is 9.83. The van der Waals surface area contributed by atoms with Crippen LogP contribution >= 0.6 is 0 Å². The number of hydrogen-bond donors (Lipinski definition) is 1. The molecule has 1 aromatic heterocycles. The third kappa shape index (κ3) is 2.96. The van der Waals surface area contributed by atoms with E-state index in [0.29, 0.717) is 0 Å². The minimum atomic E-state index is 0.176. The molecule has 2 aliphatic rings. The highest BCUT2D eigenvalue weighted by molar-refractivity contribution is 5.15. The van der Waals surface area contributed by atoms with E-state index in [1.54, 1.807) is 6.20 Å². The molecule has 5 heteroatoms. The summed E-state index contributed by atoms with van der Waals surface area (Å²) in [6.45, 7) is 6.88. The number of rotatable bonds is 5. The average Bonchev–Trinajstić information content (AvgIpc) is 3.05. The quantitative estimate of drug-likeness (QED) is 0.895. The van der Waals surface area contributed by atoms with Gasteiger partial charge >= 0.3 is 0 Å². The van der Waals surface area contributed by atoms with Crippen LogP contribution in [0.3, 0.4) is 0 Å².